The number of nitrogens with two attached hydrogens (primary N) is 1. The van der Waals surface area contributed by atoms with Gasteiger partial charge in [-0.25, -0.2) is 0 Å². The lowest BCUT2D eigenvalue weighted by molar-refractivity contribution is 0.593. The van der Waals surface area contributed by atoms with Gasteiger partial charge in [-0.05, 0) is 42.5 Å². The van der Waals surface area contributed by atoms with E-state index in [1.807, 2.05) is 0 Å². The predicted octanol–water partition coefficient (Wildman–Crippen LogP) is 1.79. The number of anilines is 1. The van der Waals surface area contributed by atoms with Crippen molar-refractivity contribution < 1.29 is 0 Å². The molecule has 2 heteroatoms. The monoisotopic (exact) mass is 190 g/mol. The highest BCUT2D eigenvalue weighted by Gasteiger charge is 2.10. The van der Waals surface area contributed by atoms with E-state index in [0.717, 1.165) is 19.5 Å². The minimum Gasteiger partial charge on any atom is -0.384 e. The van der Waals surface area contributed by atoms with Crippen LogP contribution >= 0.6 is 0 Å². The summed E-state index contributed by atoms with van der Waals surface area (Å²) in [6.45, 7) is 4.06. The summed E-state index contributed by atoms with van der Waals surface area (Å²) in [4.78, 5) is 0. The first-order valence-corrected chi connectivity index (χ1v) is 5.35. The first kappa shape index (κ1) is 9.53. The van der Waals surface area contributed by atoms with Crippen LogP contribution in [0.5, 0.6) is 0 Å². The third-order valence-electron chi connectivity index (χ3n) is 2.87. The van der Waals surface area contributed by atoms with Gasteiger partial charge in [-0.1, -0.05) is 19.1 Å². The zero-order chi connectivity index (χ0) is 9.97. The molecule has 1 aromatic carbocycles. The van der Waals surface area contributed by atoms with Crippen LogP contribution in [0.2, 0.25) is 0 Å². The summed E-state index contributed by atoms with van der Waals surface area (Å²) in [5.41, 5.74) is 9.82. The molecule has 0 spiro atoms. The Morgan fingerprint density at radius 3 is 3.14 bits per heavy atom. The largest absolute Gasteiger partial charge is 0.384 e. The Morgan fingerprint density at radius 2 is 2.36 bits per heavy atom. The summed E-state index contributed by atoms with van der Waals surface area (Å²) in [5.74, 6) is 0.586. The van der Waals surface area contributed by atoms with Crippen molar-refractivity contribution in [3.05, 3.63) is 29.3 Å². The maximum Gasteiger partial charge on any atom is 0.0373 e. The molecule has 0 radical (unpaired) electrons. The van der Waals surface area contributed by atoms with Gasteiger partial charge in [0.15, 0.2) is 0 Å². The first-order valence-electron chi connectivity index (χ1n) is 5.35. The molecule has 1 heterocycles. The molecule has 0 aromatic heterocycles. The minimum absolute atomic E-state index is 0.586. The summed E-state index contributed by atoms with van der Waals surface area (Å²) in [6, 6.07) is 6.73. The molecule has 0 bridgehead atoms. The van der Waals surface area contributed by atoms with E-state index in [2.05, 4.69) is 30.4 Å². The Kier molecular flexibility index (Phi) is 2.73. The van der Waals surface area contributed by atoms with Gasteiger partial charge in [0.25, 0.3) is 0 Å². The topological polar surface area (TPSA) is 38.0 Å². The first-order chi connectivity index (χ1) is 6.79. The lowest BCUT2D eigenvalue weighted by atomic mass is 9.99. The van der Waals surface area contributed by atoms with Crippen LogP contribution in [-0.4, -0.2) is 13.1 Å². The van der Waals surface area contributed by atoms with Gasteiger partial charge in [0, 0.05) is 12.2 Å². The van der Waals surface area contributed by atoms with E-state index in [1.165, 1.54) is 23.2 Å². The second kappa shape index (κ2) is 4.01. The van der Waals surface area contributed by atoms with Crippen molar-refractivity contribution in [2.75, 3.05) is 18.4 Å². The smallest absolute Gasteiger partial charge is 0.0373 e. The number of benzene rings is 1. The third kappa shape index (κ3) is 1.90. The molecule has 14 heavy (non-hydrogen) atoms. The Bertz CT molecular complexity index is 320. The predicted molar refractivity (Wildman–Crippen MR) is 60.6 cm³/mol. The van der Waals surface area contributed by atoms with Crippen LogP contribution in [-0.2, 0) is 12.8 Å². The lowest BCUT2D eigenvalue weighted by Gasteiger charge is -2.09. The SMILES string of the molecule is CC(CN)Cc1ccc2c(c1)CCN2. The van der Waals surface area contributed by atoms with E-state index in [0.29, 0.717) is 5.92 Å². The van der Waals surface area contributed by atoms with Crippen molar-refractivity contribution >= 4 is 5.69 Å². The minimum atomic E-state index is 0.586. The van der Waals surface area contributed by atoms with Crippen molar-refractivity contribution in [3.8, 4) is 0 Å². The average molecular weight is 190 g/mol. The van der Waals surface area contributed by atoms with Crippen LogP contribution in [0.3, 0.4) is 0 Å². The molecule has 2 nitrogen and oxygen atoms in total. The van der Waals surface area contributed by atoms with Gasteiger partial charge in [-0.3, -0.25) is 0 Å². The van der Waals surface area contributed by atoms with Crippen LogP contribution in [0.4, 0.5) is 5.69 Å². The van der Waals surface area contributed by atoms with Crippen molar-refractivity contribution in [1.29, 1.82) is 0 Å². The third-order valence-corrected chi connectivity index (χ3v) is 2.87. The highest BCUT2D eigenvalue weighted by atomic mass is 14.9. The fourth-order valence-corrected chi connectivity index (χ4v) is 1.97. The highest BCUT2D eigenvalue weighted by molar-refractivity contribution is 5.56. The maximum atomic E-state index is 5.62. The van der Waals surface area contributed by atoms with Gasteiger partial charge in [-0.2, -0.15) is 0 Å². The van der Waals surface area contributed by atoms with Gasteiger partial charge >= 0.3 is 0 Å². The van der Waals surface area contributed by atoms with E-state index in [1.54, 1.807) is 0 Å². The zero-order valence-corrected chi connectivity index (χ0v) is 8.72. The van der Waals surface area contributed by atoms with Crippen molar-refractivity contribution in [2.24, 2.45) is 11.7 Å². The van der Waals surface area contributed by atoms with Gasteiger partial charge in [0.05, 0.1) is 0 Å². The van der Waals surface area contributed by atoms with Crippen LogP contribution in [0.25, 0.3) is 0 Å². The highest BCUT2D eigenvalue weighted by Crippen LogP contribution is 2.23. The van der Waals surface area contributed by atoms with E-state index in [-0.39, 0.29) is 0 Å². The number of hydrogen-bond acceptors (Lipinski definition) is 2. The fraction of sp³-hybridized carbons (Fsp3) is 0.500. The molecule has 0 fully saturated rings. The summed E-state index contributed by atoms with van der Waals surface area (Å²) in [5, 5.41) is 3.37. The molecule has 3 N–H and O–H groups in total. The summed E-state index contributed by atoms with van der Waals surface area (Å²) < 4.78 is 0. The molecule has 0 amide bonds. The molecule has 0 saturated heterocycles. The number of nitrogens with one attached hydrogen (secondary N) is 1. The Hall–Kier alpha value is -1.02. The van der Waals surface area contributed by atoms with E-state index >= 15 is 0 Å². The molecular formula is C12H18N2. The van der Waals surface area contributed by atoms with E-state index < -0.39 is 0 Å². The quantitative estimate of drug-likeness (QED) is 0.762. The number of rotatable bonds is 3. The van der Waals surface area contributed by atoms with Crippen LogP contribution in [0.15, 0.2) is 18.2 Å². The van der Waals surface area contributed by atoms with E-state index in [9.17, 15) is 0 Å². The second-order valence-electron chi connectivity index (χ2n) is 4.21. The maximum absolute atomic E-state index is 5.62. The molecular weight excluding hydrogens is 172 g/mol. The molecule has 76 valence electrons. The normalized spacial score (nSPS) is 16.1. The van der Waals surface area contributed by atoms with Gasteiger partial charge in [-0.15, -0.1) is 0 Å². The van der Waals surface area contributed by atoms with Gasteiger partial charge in [0.2, 0.25) is 0 Å². The van der Waals surface area contributed by atoms with E-state index in [4.69, 9.17) is 5.73 Å². The molecule has 0 saturated carbocycles. The Morgan fingerprint density at radius 1 is 1.50 bits per heavy atom. The van der Waals surface area contributed by atoms with Crippen molar-refractivity contribution in [3.63, 3.8) is 0 Å². The van der Waals surface area contributed by atoms with Gasteiger partial charge < -0.3 is 11.1 Å². The summed E-state index contributed by atoms with van der Waals surface area (Å²) in [6.07, 6.45) is 2.27. The molecule has 2 rings (SSSR count). The second-order valence-corrected chi connectivity index (χ2v) is 4.21. The van der Waals surface area contributed by atoms with Crippen LogP contribution in [0, 0.1) is 5.92 Å². The molecule has 1 aliphatic heterocycles. The van der Waals surface area contributed by atoms with Crippen LogP contribution in [0.1, 0.15) is 18.1 Å². The summed E-state index contributed by atoms with van der Waals surface area (Å²) >= 11 is 0. The standard InChI is InChI=1S/C12H18N2/c1-9(8-13)6-10-2-3-12-11(7-10)4-5-14-12/h2-3,7,9,14H,4-6,8,13H2,1H3. The summed E-state index contributed by atoms with van der Waals surface area (Å²) in [7, 11) is 0. The number of fused-ring (bicyclic) bond motifs is 1. The molecule has 1 unspecified atom stereocenters. The van der Waals surface area contributed by atoms with Crippen molar-refractivity contribution in [2.45, 2.75) is 19.8 Å². The van der Waals surface area contributed by atoms with Crippen LogP contribution < -0.4 is 11.1 Å². The molecule has 1 atom stereocenters. The zero-order valence-electron chi connectivity index (χ0n) is 8.72. The fourth-order valence-electron chi connectivity index (χ4n) is 1.97. The molecule has 0 aliphatic carbocycles. The van der Waals surface area contributed by atoms with Gasteiger partial charge in [0.1, 0.15) is 0 Å². The average Bonchev–Trinajstić information content (AvgIpc) is 2.64. The Labute approximate surface area is 85.5 Å². The lowest BCUT2D eigenvalue weighted by Crippen LogP contribution is -2.13. The Balaban J connectivity index is 2.12. The van der Waals surface area contributed by atoms with Crippen molar-refractivity contribution in [1.82, 2.24) is 0 Å². The molecule has 1 aromatic rings. The number of hydrogen-bond donors (Lipinski definition) is 2. The molecule has 1 aliphatic rings.